The van der Waals surface area contributed by atoms with Crippen molar-refractivity contribution < 1.29 is 18.0 Å². The van der Waals surface area contributed by atoms with Crippen molar-refractivity contribution in [2.24, 2.45) is 0 Å². The Bertz CT molecular complexity index is 958. The Kier molecular flexibility index (Phi) is 6.32. The molecule has 152 valence electrons. The van der Waals surface area contributed by atoms with Gasteiger partial charge in [0, 0.05) is 12.7 Å². The highest BCUT2D eigenvalue weighted by atomic mass is 32.2. The Hall–Kier alpha value is -2.74. The third kappa shape index (κ3) is 5.20. The molecule has 1 unspecified atom stereocenters. The Morgan fingerprint density at radius 2 is 1.69 bits per heavy atom. The number of alkyl halides is 3. The van der Waals surface area contributed by atoms with Crippen LogP contribution in [0.1, 0.15) is 6.92 Å². The van der Waals surface area contributed by atoms with Gasteiger partial charge < -0.3 is 9.47 Å². The maximum atomic E-state index is 13.2. The predicted molar refractivity (Wildman–Crippen MR) is 109 cm³/mol. The molecule has 1 amide bonds. The maximum Gasteiger partial charge on any atom is 0.406 e. The van der Waals surface area contributed by atoms with Crippen molar-refractivity contribution in [2.45, 2.75) is 30.1 Å². The Morgan fingerprint density at radius 1 is 1.10 bits per heavy atom. The standard InChI is InChI=1S/C21H20F3N3OS/c1-15(19(28)26(2)17-11-7-4-8-12-17)29-20-25-13-18(16-9-5-3-6-10-16)27(20)14-21(22,23)24/h3-13,15H,14H2,1-2H3. The second-order valence-electron chi connectivity index (χ2n) is 6.49. The first kappa shape index (κ1) is 21.0. The molecular formula is C21H20F3N3OS. The van der Waals surface area contributed by atoms with E-state index in [9.17, 15) is 18.0 Å². The van der Waals surface area contributed by atoms with Crippen molar-refractivity contribution >= 4 is 23.4 Å². The number of thioether (sulfide) groups is 1. The van der Waals surface area contributed by atoms with Gasteiger partial charge in [-0.1, -0.05) is 60.3 Å². The Balaban J connectivity index is 1.86. The number of benzene rings is 2. The van der Waals surface area contributed by atoms with Crippen LogP contribution in [0.2, 0.25) is 0 Å². The van der Waals surface area contributed by atoms with Crippen molar-refractivity contribution in [3.63, 3.8) is 0 Å². The van der Waals surface area contributed by atoms with E-state index in [0.29, 0.717) is 16.9 Å². The van der Waals surface area contributed by atoms with Gasteiger partial charge in [0.25, 0.3) is 0 Å². The van der Waals surface area contributed by atoms with Crippen LogP contribution in [0.5, 0.6) is 0 Å². The summed E-state index contributed by atoms with van der Waals surface area (Å²) in [4.78, 5) is 18.4. The highest BCUT2D eigenvalue weighted by Gasteiger charge is 2.32. The average Bonchev–Trinajstić information content (AvgIpc) is 3.08. The van der Waals surface area contributed by atoms with Crippen LogP contribution in [-0.4, -0.2) is 33.9 Å². The molecule has 0 fully saturated rings. The molecule has 0 N–H and O–H groups in total. The first-order valence-corrected chi connectivity index (χ1v) is 9.81. The summed E-state index contributed by atoms with van der Waals surface area (Å²) in [6.07, 6.45) is -2.99. The van der Waals surface area contributed by atoms with Gasteiger partial charge in [-0.3, -0.25) is 4.79 Å². The number of imidazole rings is 1. The number of anilines is 1. The maximum absolute atomic E-state index is 13.2. The molecule has 2 aromatic carbocycles. The van der Waals surface area contributed by atoms with Crippen LogP contribution < -0.4 is 4.90 Å². The van der Waals surface area contributed by atoms with Gasteiger partial charge >= 0.3 is 6.18 Å². The smallest absolute Gasteiger partial charge is 0.315 e. The quantitative estimate of drug-likeness (QED) is 0.512. The highest BCUT2D eigenvalue weighted by molar-refractivity contribution is 8.00. The number of carbonyl (C=O) groups excluding carboxylic acids is 1. The van der Waals surface area contributed by atoms with E-state index in [0.717, 1.165) is 16.3 Å². The first-order valence-electron chi connectivity index (χ1n) is 8.93. The zero-order valence-corrected chi connectivity index (χ0v) is 16.7. The number of nitrogens with zero attached hydrogens (tertiary/aromatic N) is 3. The van der Waals surface area contributed by atoms with Crippen LogP contribution in [0, 0.1) is 0 Å². The summed E-state index contributed by atoms with van der Waals surface area (Å²) in [5, 5.41) is -0.457. The third-order valence-corrected chi connectivity index (χ3v) is 5.42. The van der Waals surface area contributed by atoms with Gasteiger partial charge in [-0.25, -0.2) is 4.98 Å². The molecule has 29 heavy (non-hydrogen) atoms. The van der Waals surface area contributed by atoms with E-state index < -0.39 is 18.0 Å². The van der Waals surface area contributed by atoms with Gasteiger partial charge in [0.05, 0.1) is 17.1 Å². The first-order chi connectivity index (χ1) is 13.8. The van der Waals surface area contributed by atoms with E-state index in [2.05, 4.69) is 4.98 Å². The number of para-hydroxylation sites is 1. The summed E-state index contributed by atoms with van der Waals surface area (Å²) < 4.78 is 40.7. The van der Waals surface area contributed by atoms with Gasteiger partial charge in [-0.05, 0) is 24.6 Å². The molecule has 3 aromatic rings. The minimum absolute atomic E-state index is 0.156. The van der Waals surface area contributed by atoms with Crippen LogP contribution in [-0.2, 0) is 11.3 Å². The second kappa shape index (κ2) is 8.73. The monoisotopic (exact) mass is 419 g/mol. The fraction of sp³-hybridized carbons (Fsp3) is 0.238. The number of rotatable bonds is 6. The van der Waals surface area contributed by atoms with Crippen molar-refractivity contribution in [1.82, 2.24) is 9.55 Å². The normalized spacial score (nSPS) is 12.6. The van der Waals surface area contributed by atoms with E-state index in [1.807, 2.05) is 18.2 Å². The van der Waals surface area contributed by atoms with Crippen molar-refractivity contribution in [2.75, 3.05) is 11.9 Å². The topological polar surface area (TPSA) is 38.1 Å². The third-order valence-electron chi connectivity index (χ3n) is 4.33. The Labute approximate surface area is 171 Å². The molecule has 0 radical (unpaired) electrons. The molecule has 3 rings (SSSR count). The van der Waals surface area contributed by atoms with E-state index >= 15 is 0 Å². The lowest BCUT2D eigenvalue weighted by Crippen LogP contribution is -2.33. The summed E-state index contributed by atoms with van der Waals surface area (Å²) in [5.41, 5.74) is 1.71. The molecule has 1 atom stereocenters. The lowest BCUT2D eigenvalue weighted by Gasteiger charge is -2.21. The Morgan fingerprint density at radius 3 is 2.28 bits per heavy atom. The molecule has 4 nitrogen and oxygen atoms in total. The minimum Gasteiger partial charge on any atom is -0.315 e. The summed E-state index contributed by atoms with van der Waals surface area (Å²) in [6, 6.07) is 17.9. The molecule has 0 saturated carbocycles. The fourth-order valence-electron chi connectivity index (χ4n) is 2.88. The van der Waals surface area contributed by atoms with Gasteiger partial charge in [-0.2, -0.15) is 13.2 Å². The minimum atomic E-state index is -4.41. The van der Waals surface area contributed by atoms with E-state index in [1.165, 1.54) is 11.1 Å². The van der Waals surface area contributed by atoms with E-state index in [1.54, 1.807) is 56.4 Å². The summed E-state index contributed by atoms with van der Waals surface area (Å²) >= 11 is 1.02. The van der Waals surface area contributed by atoms with Gasteiger partial charge in [-0.15, -0.1) is 0 Å². The lowest BCUT2D eigenvalue weighted by atomic mass is 10.2. The molecule has 1 aromatic heterocycles. The molecular weight excluding hydrogens is 399 g/mol. The molecule has 1 heterocycles. The summed E-state index contributed by atoms with van der Waals surface area (Å²) in [6.45, 7) is 0.496. The molecule has 0 aliphatic rings. The zero-order chi connectivity index (χ0) is 21.0. The van der Waals surface area contributed by atoms with Crippen molar-refractivity contribution in [3.05, 3.63) is 66.9 Å². The van der Waals surface area contributed by atoms with Crippen LogP contribution in [0.4, 0.5) is 18.9 Å². The van der Waals surface area contributed by atoms with Crippen LogP contribution in [0.15, 0.2) is 72.0 Å². The number of halogens is 3. The molecule has 0 aliphatic carbocycles. The van der Waals surface area contributed by atoms with Crippen molar-refractivity contribution in [3.8, 4) is 11.3 Å². The number of aromatic nitrogens is 2. The number of hydrogen-bond acceptors (Lipinski definition) is 3. The summed E-state index contributed by atoms with van der Waals surface area (Å²) in [5.74, 6) is -0.219. The number of hydrogen-bond donors (Lipinski definition) is 0. The zero-order valence-electron chi connectivity index (χ0n) is 15.9. The number of amides is 1. The predicted octanol–water partition coefficient (Wildman–Crippen LogP) is 5.26. The molecule has 0 spiro atoms. The van der Waals surface area contributed by atoms with Gasteiger partial charge in [0.15, 0.2) is 5.16 Å². The molecule has 0 saturated heterocycles. The average molecular weight is 419 g/mol. The number of carbonyl (C=O) groups is 1. The van der Waals surface area contributed by atoms with Gasteiger partial charge in [0.1, 0.15) is 6.54 Å². The van der Waals surface area contributed by atoms with Crippen LogP contribution in [0.25, 0.3) is 11.3 Å². The van der Waals surface area contributed by atoms with Crippen LogP contribution >= 0.6 is 11.8 Å². The molecule has 0 aliphatic heterocycles. The molecule has 8 heteroatoms. The summed E-state index contributed by atoms with van der Waals surface area (Å²) in [7, 11) is 1.65. The SMILES string of the molecule is CC(Sc1ncc(-c2ccccc2)n1CC(F)(F)F)C(=O)N(C)c1ccccc1. The van der Waals surface area contributed by atoms with E-state index in [4.69, 9.17) is 0 Å². The van der Waals surface area contributed by atoms with Gasteiger partial charge in [0.2, 0.25) is 5.91 Å². The lowest BCUT2D eigenvalue weighted by molar-refractivity contribution is -0.141. The molecule has 0 bridgehead atoms. The highest BCUT2D eigenvalue weighted by Crippen LogP contribution is 2.32. The second-order valence-corrected chi connectivity index (χ2v) is 7.79. The van der Waals surface area contributed by atoms with Crippen molar-refractivity contribution in [1.29, 1.82) is 0 Å². The fourth-order valence-corrected chi connectivity index (χ4v) is 3.86. The largest absolute Gasteiger partial charge is 0.406 e. The van der Waals surface area contributed by atoms with Crippen LogP contribution in [0.3, 0.4) is 0 Å². The van der Waals surface area contributed by atoms with E-state index in [-0.39, 0.29) is 11.1 Å².